The van der Waals surface area contributed by atoms with Gasteiger partial charge in [0.2, 0.25) is 5.91 Å². The Hall–Kier alpha value is -1.06. The van der Waals surface area contributed by atoms with Gasteiger partial charge in [-0.3, -0.25) is 4.79 Å². The fraction of sp³-hybridized carbons (Fsp3) is 0.611. The summed E-state index contributed by atoms with van der Waals surface area (Å²) in [5, 5.41) is 3.22. The largest absolute Gasteiger partial charge is 0.355 e. The maximum absolute atomic E-state index is 12.4. The van der Waals surface area contributed by atoms with Gasteiger partial charge in [0.15, 0.2) is 0 Å². The van der Waals surface area contributed by atoms with Crippen molar-refractivity contribution in [2.24, 2.45) is 11.7 Å². The number of hydrogen-bond donors (Lipinski definition) is 2. The summed E-state index contributed by atoms with van der Waals surface area (Å²) in [7, 11) is 0. The van der Waals surface area contributed by atoms with Crippen LogP contribution in [0.5, 0.6) is 0 Å². The molecule has 0 heterocycles. The van der Waals surface area contributed by atoms with Gasteiger partial charge in [0.05, 0.1) is 0 Å². The van der Waals surface area contributed by atoms with Crippen LogP contribution in [0, 0.1) is 5.92 Å². The Balaban J connectivity index is 0.00000176. The van der Waals surface area contributed by atoms with Gasteiger partial charge in [-0.25, -0.2) is 0 Å². The molecule has 2 saturated carbocycles. The molecule has 0 aromatic heterocycles. The Labute approximate surface area is 139 Å². The molecule has 3 rings (SSSR count). The van der Waals surface area contributed by atoms with Crippen molar-refractivity contribution >= 4 is 18.3 Å². The first-order valence-corrected chi connectivity index (χ1v) is 8.28. The highest BCUT2D eigenvalue weighted by Gasteiger charge is 2.39. The van der Waals surface area contributed by atoms with E-state index in [2.05, 4.69) is 35.6 Å². The van der Waals surface area contributed by atoms with Crippen molar-refractivity contribution in [1.82, 2.24) is 5.32 Å². The molecule has 2 fully saturated rings. The summed E-state index contributed by atoms with van der Waals surface area (Å²) in [6, 6.07) is 10.8. The topological polar surface area (TPSA) is 55.1 Å². The van der Waals surface area contributed by atoms with E-state index in [-0.39, 0.29) is 35.7 Å². The van der Waals surface area contributed by atoms with Gasteiger partial charge in [0.1, 0.15) is 0 Å². The monoisotopic (exact) mass is 322 g/mol. The van der Waals surface area contributed by atoms with E-state index in [1.54, 1.807) is 0 Å². The maximum Gasteiger partial charge on any atom is 0.223 e. The molecule has 4 heteroatoms. The predicted molar refractivity (Wildman–Crippen MR) is 92.2 cm³/mol. The van der Waals surface area contributed by atoms with Crippen LogP contribution in [0.25, 0.3) is 0 Å². The van der Waals surface area contributed by atoms with Crippen LogP contribution in [0.2, 0.25) is 0 Å². The number of carbonyl (C=O) groups excluding carboxylic acids is 1. The minimum Gasteiger partial charge on any atom is -0.355 e. The van der Waals surface area contributed by atoms with Crippen LogP contribution >= 0.6 is 12.4 Å². The number of hydrogen-bond acceptors (Lipinski definition) is 2. The van der Waals surface area contributed by atoms with Crippen LogP contribution in [0.15, 0.2) is 30.3 Å². The van der Waals surface area contributed by atoms with Gasteiger partial charge in [-0.2, -0.15) is 0 Å². The lowest BCUT2D eigenvalue weighted by Crippen LogP contribution is -2.47. The van der Waals surface area contributed by atoms with Crippen molar-refractivity contribution in [3.05, 3.63) is 35.9 Å². The van der Waals surface area contributed by atoms with E-state index in [1.165, 1.54) is 24.8 Å². The number of halogens is 1. The van der Waals surface area contributed by atoms with Crippen molar-refractivity contribution in [2.45, 2.75) is 56.4 Å². The van der Waals surface area contributed by atoms with Crippen molar-refractivity contribution in [2.75, 3.05) is 6.54 Å². The van der Waals surface area contributed by atoms with Gasteiger partial charge in [0.25, 0.3) is 0 Å². The Bertz CT molecular complexity index is 487. The molecule has 0 bridgehead atoms. The molecule has 122 valence electrons. The molecule has 3 N–H and O–H groups in total. The third-order valence-electron chi connectivity index (χ3n) is 5.38. The summed E-state index contributed by atoms with van der Waals surface area (Å²) in [4.78, 5) is 12.4. The second-order valence-electron chi connectivity index (χ2n) is 6.84. The molecule has 22 heavy (non-hydrogen) atoms. The third-order valence-corrected chi connectivity index (χ3v) is 5.38. The average Bonchev–Trinajstić information content (AvgIpc) is 2.47. The van der Waals surface area contributed by atoms with Crippen molar-refractivity contribution in [3.8, 4) is 0 Å². The van der Waals surface area contributed by atoms with E-state index < -0.39 is 0 Å². The predicted octanol–water partition coefficient (Wildman–Crippen LogP) is 3.16. The Morgan fingerprint density at radius 2 is 1.91 bits per heavy atom. The second kappa shape index (κ2) is 7.47. The molecular weight excluding hydrogens is 296 g/mol. The highest BCUT2D eigenvalue weighted by molar-refractivity contribution is 5.85. The van der Waals surface area contributed by atoms with Gasteiger partial charge >= 0.3 is 0 Å². The van der Waals surface area contributed by atoms with Gasteiger partial charge in [0, 0.05) is 23.9 Å². The van der Waals surface area contributed by atoms with Gasteiger partial charge < -0.3 is 11.1 Å². The van der Waals surface area contributed by atoms with E-state index in [0.717, 1.165) is 32.2 Å². The Morgan fingerprint density at radius 3 is 2.50 bits per heavy atom. The zero-order valence-electron chi connectivity index (χ0n) is 13.1. The summed E-state index contributed by atoms with van der Waals surface area (Å²) in [5.74, 6) is 0.342. The number of benzene rings is 1. The third kappa shape index (κ3) is 3.64. The van der Waals surface area contributed by atoms with E-state index in [1.807, 2.05) is 0 Å². The van der Waals surface area contributed by atoms with Crippen LogP contribution in [0.4, 0.5) is 0 Å². The van der Waals surface area contributed by atoms with Crippen LogP contribution in [0.3, 0.4) is 0 Å². The zero-order chi connectivity index (χ0) is 14.7. The minimum atomic E-state index is 0. The molecule has 0 aliphatic heterocycles. The lowest BCUT2D eigenvalue weighted by molar-refractivity contribution is -0.126. The number of carbonyl (C=O) groups is 1. The average molecular weight is 323 g/mol. The molecule has 2 unspecified atom stereocenters. The van der Waals surface area contributed by atoms with E-state index in [4.69, 9.17) is 5.73 Å². The van der Waals surface area contributed by atoms with Gasteiger partial charge in [-0.15, -0.1) is 12.4 Å². The summed E-state index contributed by atoms with van der Waals surface area (Å²) in [5.41, 5.74) is 7.54. The molecule has 2 aliphatic carbocycles. The number of nitrogens with one attached hydrogen (secondary N) is 1. The second-order valence-corrected chi connectivity index (χ2v) is 6.84. The smallest absolute Gasteiger partial charge is 0.223 e. The van der Waals surface area contributed by atoms with Gasteiger partial charge in [-0.05, 0) is 37.7 Å². The highest BCUT2D eigenvalue weighted by atomic mass is 35.5. The standard InChI is InChI=1S/C18H26N2O.ClH/c19-16-9-4-6-14(12-16)17(21)20-13-18(10-5-11-18)15-7-2-1-3-8-15;/h1-3,7-8,14,16H,4-6,9-13,19H2,(H,20,21);1H. The van der Waals surface area contributed by atoms with E-state index in [9.17, 15) is 4.79 Å². The molecule has 1 amide bonds. The molecular formula is C18H27ClN2O. The minimum absolute atomic E-state index is 0. The number of nitrogens with two attached hydrogens (primary N) is 1. The first kappa shape index (κ1) is 17.3. The molecule has 2 aliphatic rings. The lowest BCUT2D eigenvalue weighted by Gasteiger charge is -2.43. The maximum atomic E-state index is 12.4. The fourth-order valence-electron chi connectivity index (χ4n) is 3.83. The normalized spacial score (nSPS) is 26.4. The molecule has 1 aromatic carbocycles. The highest BCUT2D eigenvalue weighted by Crippen LogP contribution is 2.43. The van der Waals surface area contributed by atoms with Crippen LogP contribution < -0.4 is 11.1 Å². The van der Waals surface area contributed by atoms with Crippen LogP contribution in [-0.4, -0.2) is 18.5 Å². The summed E-state index contributed by atoms with van der Waals surface area (Å²) < 4.78 is 0. The van der Waals surface area contributed by atoms with E-state index in [0.29, 0.717) is 0 Å². The number of amides is 1. The fourth-order valence-corrected chi connectivity index (χ4v) is 3.83. The van der Waals surface area contributed by atoms with Crippen LogP contribution in [0.1, 0.15) is 50.5 Å². The van der Waals surface area contributed by atoms with Gasteiger partial charge in [-0.1, -0.05) is 43.2 Å². The SMILES string of the molecule is Cl.NC1CCCC(C(=O)NCC2(c3ccccc3)CCC2)C1. The summed E-state index contributed by atoms with van der Waals surface area (Å²) in [6.45, 7) is 0.779. The van der Waals surface area contributed by atoms with E-state index >= 15 is 0 Å². The lowest BCUT2D eigenvalue weighted by atomic mass is 9.64. The molecule has 0 spiro atoms. The summed E-state index contributed by atoms with van der Waals surface area (Å²) in [6.07, 6.45) is 7.63. The Kier molecular flexibility index (Phi) is 5.87. The van der Waals surface area contributed by atoms with Crippen molar-refractivity contribution in [3.63, 3.8) is 0 Å². The summed E-state index contributed by atoms with van der Waals surface area (Å²) >= 11 is 0. The van der Waals surface area contributed by atoms with Crippen molar-refractivity contribution in [1.29, 1.82) is 0 Å². The first-order valence-electron chi connectivity index (χ1n) is 8.28. The van der Waals surface area contributed by atoms with Crippen LogP contribution in [-0.2, 0) is 10.2 Å². The zero-order valence-corrected chi connectivity index (χ0v) is 13.9. The Morgan fingerprint density at radius 1 is 1.18 bits per heavy atom. The quantitative estimate of drug-likeness (QED) is 0.894. The number of rotatable bonds is 4. The first-order chi connectivity index (χ1) is 10.2. The van der Waals surface area contributed by atoms with Crippen molar-refractivity contribution < 1.29 is 4.79 Å². The molecule has 1 aromatic rings. The molecule has 0 radical (unpaired) electrons. The molecule has 2 atom stereocenters. The molecule has 3 nitrogen and oxygen atoms in total. The molecule has 0 saturated heterocycles.